The number of amides is 1. The Morgan fingerprint density at radius 2 is 1.87 bits per heavy atom. The van der Waals surface area contributed by atoms with Crippen molar-refractivity contribution >= 4 is 56.9 Å². The maximum Gasteiger partial charge on any atom is 0.338 e. The number of thioether (sulfide) groups is 1. The summed E-state index contributed by atoms with van der Waals surface area (Å²) in [4.78, 5) is 24.4. The van der Waals surface area contributed by atoms with Crippen molar-refractivity contribution in [2.24, 2.45) is 0 Å². The molecule has 0 spiro atoms. The quantitative estimate of drug-likeness (QED) is 0.687. The molecule has 0 aromatic heterocycles. The molecule has 0 atom stereocenters. The lowest BCUT2D eigenvalue weighted by Crippen LogP contribution is -2.17. The Morgan fingerprint density at radius 1 is 1.22 bits per heavy atom. The number of carboxylic acid groups (broad SMARTS) is 1. The van der Waals surface area contributed by atoms with Crippen LogP contribution in [0.3, 0.4) is 0 Å². The molecular formula is C16H13BrClNO3S. The third-order valence-corrected chi connectivity index (χ3v) is 5.29. The van der Waals surface area contributed by atoms with E-state index < -0.39 is 5.97 Å². The molecule has 0 aliphatic carbocycles. The lowest BCUT2D eigenvalue weighted by Gasteiger charge is -2.11. The second kappa shape index (κ2) is 7.86. The minimum atomic E-state index is -1.10. The van der Waals surface area contributed by atoms with E-state index in [1.807, 2.05) is 12.1 Å². The minimum absolute atomic E-state index is 0.0508. The van der Waals surface area contributed by atoms with Gasteiger partial charge in [0.25, 0.3) is 0 Å². The van der Waals surface area contributed by atoms with E-state index in [0.29, 0.717) is 9.50 Å². The molecule has 2 aromatic carbocycles. The van der Waals surface area contributed by atoms with Gasteiger partial charge in [-0.15, -0.1) is 11.8 Å². The lowest BCUT2D eigenvalue weighted by atomic mass is 10.1. The molecule has 0 radical (unpaired) electrons. The van der Waals surface area contributed by atoms with Gasteiger partial charge in [-0.2, -0.15) is 0 Å². The number of carbonyl (C=O) groups is 2. The fourth-order valence-electron chi connectivity index (χ4n) is 1.86. The number of aromatic carboxylic acids is 1. The average molecular weight is 415 g/mol. The number of nitrogens with one attached hydrogen (secondary N) is 1. The van der Waals surface area contributed by atoms with E-state index in [1.54, 1.807) is 31.2 Å². The predicted molar refractivity (Wildman–Crippen MR) is 96.6 cm³/mol. The monoisotopic (exact) mass is 413 g/mol. The van der Waals surface area contributed by atoms with Gasteiger partial charge in [0.15, 0.2) is 0 Å². The van der Waals surface area contributed by atoms with Gasteiger partial charge in [0, 0.05) is 14.4 Å². The van der Waals surface area contributed by atoms with Gasteiger partial charge in [0.1, 0.15) is 0 Å². The maximum atomic E-state index is 12.1. The summed E-state index contributed by atoms with van der Waals surface area (Å²) in [5.74, 6) is -1.20. The van der Waals surface area contributed by atoms with Crippen LogP contribution in [0.2, 0.25) is 5.02 Å². The molecule has 23 heavy (non-hydrogen) atoms. The summed E-state index contributed by atoms with van der Waals surface area (Å²) in [5, 5.41) is 12.6. The number of hydrogen-bond donors (Lipinski definition) is 2. The van der Waals surface area contributed by atoms with Gasteiger partial charge in [-0.25, -0.2) is 4.79 Å². The van der Waals surface area contributed by atoms with Crippen LogP contribution in [0.15, 0.2) is 45.8 Å². The molecular weight excluding hydrogens is 402 g/mol. The van der Waals surface area contributed by atoms with Crippen LogP contribution in [0.25, 0.3) is 0 Å². The molecule has 1 amide bonds. The first-order chi connectivity index (χ1) is 10.9. The highest BCUT2D eigenvalue weighted by Gasteiger charge is 2.17. The van der Waals surface area contributed by atoms with Crippen molar-refractivity contribution in [3.63, 3.8) is 0 Å². The van der Waals surface area contributed by atoms with Crippen LogP contribution in [0.4, 0.5) is 5.69 Å². The first-order valence-corrected chi connectivity index (χ1v) is 8.74. The first-order valence-electron chi connectivity index (χ1n) is 6.59. The second-order valence-electron chi connectivity index (χ2n) is 4.71. The molecule has 0 aliphatic heterocycles. The van der Waals surface area contributed by atoms with Crippen LogP contribution in [0.1, 0.15) is 15.9 Å². The van der Waals surface area contributed by atoms with E-state index in [4.69, 9.17) is 11.6 Å². The summed E-state index contributed by atoms with van der Waals surface area (Å²) in [5.41, 5.74) is 1.11. The zero-order valence-corrected chi connectivity index (χ0v) is 15.3. The van der Waals surface area contributed by atoms with Crippen LogP contribution in [0, 0.1) is 6.92 Å². The summed E-state index contributed by atoms with van der Waals surface area (Å²) in [6, 6.07) is 10.5. The summed E-state index contributed by atoms with van der Waals surface area (Å²) >= 11 is 10.4. The summed E-state index contributed by atoms with van der Waals surface area (Å²) in [7, 11) is 0. The summed E-state index contributed by atoms with van der Waals surface area (Å²) in [6.07, 6.45) is 0. The van der Waals surface area contributed by atoms with Gasteiger partial charge >= 0.3 is 5.97 Å². The molecule has 2 N–H and O–H groups in total. The number of anilines is 1. The van der Waals surface area contributed by atoms with E-state index in [9.17, 15) is 14.7 Å². The molecule has 0 heterocycles. The van der Waals surface area contributed by atoms with E-state index in [1.165, 1.54) is 11.8 Å². The van der Waals surface area contributed by atoms with E-state index in [2.05, 4.69) is 21.2 Å². The fraction of sp³-hybridized carbons (Fsp3) is 0.125. The van der Waals surface area contributed by atoms with Gasteiger partial charge in [0.2, 0.25) is 5.91 Å². The first kappa shape index (κ1) is 17.8. The minimum Gasteiger partial charge on any atom is -0.478 e. The topological polar surface area (TPSA) is 66.4 Å². The Morgan fingerprint density at radius 3 is 2.48 bits per heavy atom. The SMILES string of the molecule is Cc1ccc(NC(=O)CSc2ccc(Cl)cc2)c(C(=O)O)c1Br. The van der Waals surface area contributed by atoms with Gasteiger partial charge in [-0.05, 0) is 58.7 Å². The highest BCUT2D eigenvalue weighted by Crippen LogP contribution is 2.29. The van der Waals surface area contributed by atoms with Crippen LogP contribution in [0.5, 0.6) is 0 Å². The van der Waals surface area contributed by atoms with Crippen LogP contribution >= 0.6 is 39.3 Å². The Balaban J connectivity index is 2.07. The number of hydrogen-bond acceptors (Lipinski definition) is 3. The average Bonchev–Trinajstić information content (AvgIpc) is 2.50. The van der Waals surface area contributed by atoms with Crippen molar-refractivity contribution in [1.29, 1.82) is 0 Å². The molecule has 0 fully saturated rings. The predicted octanol–water partition coefficient (Wildman–Crippen LogP) is 4.84. The molecule has 0 bridgehead atoms. The van der Waals surface area contributed by atoms with Crippen LogP contribution < -0.4 is 5.32 Å². The molecule has 0 unspecified atom stereocenters. The molecule has 2 aromatic rings. The number of rotatable bonds is 5. The zero-order chi connectivity index (χ0) is 17.0. The molecule has 2 rings (SSSR count). The number of halogens is 2. The normalized spacial score (nSPS) is 10.4. The Hall–Kier alpha value is -1.50. The van der Waals surface area contributed by atoms with E-state index >= 15 is 0 Å². The molecule has 0 saturated heterocycles. The molecule has 120 valence electrons. The van der Waals surface area contributed by atoms with Gasteiger partial charge in [-0.1, -0.05) is 17.7 Å². The molecule has 0 saturated carbocycles. The van der Waals surface area contributed by atoms with Crippen molar-refractivity contribution in [1.82, 2.24) is 0 Å². The summed E-state index contributed by atoms with van der Waals surface area (Å²) < 4.78 is 0.466. The highest BCUT2D eigenvalue weighted by molar-refractivity contribution is 9.10. The van der Waals surface area contributed by atoms with Gasteiger partial charge in [0.05, 0.1) is 17.0 Å². The lowest BCUT2D eigenvalue weighted by molar-refractivity contribution is -0.113. The van der Waals surface area contributed by atoms with Crippen LogP contribution in [-0.2, 0) is 4.79 Å². The standard InChI is InChI=1S/C16H13BrClNO3S/c1-9-2-7-12(14(15(9)17)16(21)22)19-13(20)8-23-11-5-3-10(18)4-6-11/h2-7H,8H2,1H3,(H,19,20)(H,21,22). The number of benzene rings is 2. The van der Waals surface area contributed by atoms with Crippen molar-refractivity contribution in [2.75, 3.05) is 11.1 Å². The Labute approximate surface area is 151 Å². The van der Waals surface area contributed by atoms with Gasteiger partial charge < -0.3 is 10.4 Å². The number of aryl methyl sites for hydroxylation is 1. The van der Waals surface area contributed by atoms with Crippen molar-refractivity contribution < 1.29 is 14.7 Å². The molecule has 0 aliphatic rings. The Kier molecular flexibility index (Phi) is 6.10. The third-order valence-electron chi connectivity index (χ3n) is 3.01. The fourth-order valence-corrected chi connectivity index (χ4v) is 3.20. The second-order valence-corrected chi connectivity index (χ2v) is 6.99. The third kappa shape index (κ3) is 4.73. The van der Waals surface area contributed by atoms with Gasteiger partial charge in [-0.3, -0.25) is 4.79 Å². The largest absolute Gasteiger partial charge is 0.478 e. The van der Waals surface area contributed by atoms with Crippen molar-refractivity contribution in [3.8, 4) is 0 Å². The van der Waals surface area contributed by atoms with Crippen molar-refractivity contribution in [3.05, 3.63) is 57.0 Å². The highest BCUT2D eigenvalue weighted by atomic mass is 79.9. The van der Waals surface area contributed by atoms with Crippen molar-refractivity contribution in [2.45, 2.75) is 11.8 Å². The molecule has 4 nitrogen and oxygen atoms in total. The summed E-state index contributed by atoms with van der Waals surface area (Å²) in [6.45, 7) is 1.79. The van der Waals surface area contributed by atoms with E-state index in [-0.39, 0.29) is 22.9 Å². The van der Waals surface area contributed by atoms with Crippen LogP contribution in [-0.4, -0.2) is 22.7 Å². The molecule has 7 heteroatoms. The Bertz CT molecular complexity index is 750. The smallest absolute Gasteiger partial charge is 0.338 e. The van der Waals surface area contributed by atoms with E-state index in [0.717, 1.165) is 10.5 Å². The maximum absolute atomic E-state index is 12.1. The number of carboxylic acids is 1. The number of carbonyl (C=O) groups excluding carboxylic acids is 1. The zero-order valence-electron chi connectivity index (χ0n) is 12.1.